The Kier molecular flexibility index (Phi) is 4.63. The number of hydrogen-bond acceptors (Lipinski definition) is 2. The first-order valence-corrected chi connectivity index (χ1v) is 5.05. The molecule has 0 radical (unpaired) electrons. The van der Waals surface area contributed by atoms with E-state index in [1.807, 2.05) is 26.1 Å². The van der Waals surface area contributed by atoms with Crippen LogP contribution in [0.25, 0.3) is 6.08 Å². The molecule has 0 aliphatic carbocycles. The van der Waals surface area contributed by atoms with E-state index in [9.17, 15) is 0 Å². The standard InChI is InChI=1S/C11H15ClN2/c1-9-7-10(12)8-14-11(9)5-3-4-6-13-2/h3,5,7-8,13H,4,6H2,1-2H3. The van der Waals surface area contributed by atoms with Crippen LogP contribution in [0.3, 0.4) is 0 Å². The SMILES string of the molecule is CNCCC=Cc1ncc(Cl)cc1C. The molecule has 0 amide bonds. The van der Waals surface area contributed by atoms with Gasteiger partial charge in [-0.05, 0) is 44.6 Å². The third-order valence-corrected chi connectivity index (χ3v) is 2.13. The van der Waals surface area contributed by atoms with Crippen LogP contribution in [-0.4, -0.2) is 18.6 Å². The van der Waals surface area contributed by atoms with Crippen molar-refractivity contribution in [1.29, 1.82) is 0 Å². The average molecular weight is 211 g/mol. The minimum atomic E-state index is 0.690. The minimum Gasteiger partial charge on any atom is -0.319 e. The topological polar surface area (TPSA) is 24.9 Å². The lowest BCUT2D eigenvalue weighted by atomic mass is 10.2. The van der Waals surface area contributed by atoms with Gasteiger partial charge >= 0.3 is 0 Å². The second kappa shape index (κ2) is 5.78. The van der Waals surface area contributed by atoms with Gasteiger partial charge in [-0.15, -0.1) is 0 Å². The van der Waals surface area contributed by atoms with Crippen LogP contribution in [0.2, 0.25) is 5.02 Å². The van der Waals surface area contributed by atoms with E-state index in [0.29, 0.717) is 5.02 Å². The fourth-order valence-electron chi connectivity index (χ4n) is 1.15. The van der Waals surface area contributed by atoms with E-state index in [1.165, 1.54) is 0 Å². The summed E-state index contributed by atoms with van der Waals surface area (Å²) in [6, 6.07) is 1.92. The third-order valence-electron chi connectivity index (χ3n) is 1.92. The Bertz CT molecular complexity index is 321. The van der Waals surface area contributed by atoms with Crippen LogP contribution in [0.1, 0.15) is 17.7 Å². The third kappa shape index (κ3) is 3.48. The molecule has 1 heterocycles. The summed E-state index contributed by atoms with van der Waals surface area (Å²) in [6.07, 6.45) is 6.83. The van der Waals surface area contributed by atoms with Gasteiger partial charge in [-0.2, -0.15) is 0 Å². The van der Waals surface area contributed by atoms with Crippen LogP contribution in [0, 0.1) is 6.92 Å². The van der Waals surface area contributed by atoms with Gasteiger partial charge in [0.1, 0.15) is 0 Å². The maximum absolute atomic E-state index is 5.80. The van der Waals surface area contributed by atoms with Gasteiger partial charge in [-0.1, -0.05) is 17.7 Å². The number of pyridine rings is 1. The predicted molar refractivity (Wildman–Crippen MR) is 61.6 cm³/mol. The highest BCUT2D eigenvalue weighted by Gasteiger charge is 1.95. The number of aryl methyl sites for hydroxylation is 1. The average Bonchev–Trinajstić information content (AvgIpc) is 2.15. The van der Waals surface area contributed by atoms with Crippen molar-refractivity contribution in [2.45, 2.75) is 13.3 Å². The molecule has 0 bridgehead atoms. The molecule has 0 atom stereocenters. The Balaban J connectivity index is 2.62. The highest BCUT2D eigenvalue weighted by Crippen LogP contribution is 2.13. The summed E-state index contributed by atoms with van der Waals surface area (Å²) in [5.41, 5.74) is 2.10. The zero-order valence-corrected chi connectivity index (χ0v) is 9.30. The molecule has 1 N–H and O–H groups in total. The molecule has 0 saturated carbocycles. The zero-order chi connectivity index (χ0) is 10.4. The second-order valence-electron chi connectivity index (χ2n) is 3.15. The number of halogens is 1. The Morgan fingerprint density at radius 1 is 1.57 bits per heavy atom. The largest absolute Gasteiger partial charge is 0.319 e. The van der Waals surface area contributed by atoms with E-state index in [2.05, 4.69) is 16.4 Å². The smallest absolute Gasteiger partial charge is 0.0656 e. The highest BCUT2D eigenvalue weighted by molar-refractivity contribution is 6.30. The second-order valence-corrected chi connectivity index (χ2v) is 3.59. The van der Waals surface area contributed by atoms with Crippen molar-refractivity contribution >= 4 is 17.7 Å². The lowest BCUT2D eigenvalue weighted by molar-refractivity contribution is 0.809. The fourth-order valence-corrected chi connectivity index (χ4v) is 1.36. The maximum Gasteiger partial charge on any atom is 0.0656 e. The molecular weight excluding hydrogens is 196 g/mol. The summed E-state index contributed by atoms with van der Waals surface area (Å²) in [5, 5.41) is 3.77. The molecule has 14 heavy (non-hydrogen) atoms. The van der Waals surface area contributed by atoms with Crippen molar-refractivity contribution in [3.63, 3.8) is 0 Å². The van der Waals surface area contributed by atoms with Crippen molar-refractivity contribution in [2.24, 2.45) is 0 Å². The Labute approximate surface area is 90.0 Å². The van der Waals surface area contributed by atoms with E-state index in [1.54, 1.807) is 6.20 Å². The van der Waals surface area contributed by atoms with Gasteiger partial charge in [0.15, 0.2) is 0 Å². The van der Waals surface area contributed by atoms with E-state index in [-0.39, 0.29) is 0 Å². The van der Waals surface area contributed by atoms with E-state index in [4.69, 9.17) is 11.6 Å². The number of nitrogens with one attached hydrogen (secondary N) is 1. The zero-order valence-electron chi connectivity index (χ0n) is 8.55. The lowest BCUT2D eigenvalue weighted by Crippen LogP contribution is -2.05. The maximum atomic E-state index is 5.80. The molecule has 0 saturated heterocycles. The molecule has 0 aromatic carbocycles. The highest BCUT2D eigenvalue weighted by atomic mass is 35.5. The first-order valence-electron chi connectivity index (χ1n) is 4.67. The van der Waals surface area contributed by atoms with Crippen LogP contribution in [0.5, 0.6) is 0 Å². The van der Waals surface area contributed by atoms with Crippen LogP contribution >= 0.6 is 11.6 Å². The minimum absolute atomic E-state index is 0.690. The van der Waals surface area contributed by atoms with Crippen LogP contribution < -0.4 is 5.32 Å². The van der Waals surface area contributed by atoms with Crippen LogP contribution in [0.4, 0.5) is 0 Å². The molecule has 1 aromatic rings. The lowest BCUT2D eigenvalue weighted by Gasteiger charge is -1.99. The summed E-state index contributed by atoms with van der Waals surface area (Å²) >= 11 is 5.80. The fraction of sp³-hybridized carbons (Fsp3) is 0.364. The normalized spacial score (nSPS) is 11.1. The van der Waals surface area contributed by atoms with Crippen molar-refractivity contribution in [3.05, 3.63) is 34.6 Å². The molecule has 3 heteroatoms. The molecule has 0 fully saturated rings. The summed E-state index contributed by atoms with van der Waals surface area (Å²) in [7, 11) is 1.94. The van der Waals surface area contributed by atoms with E-state index >= 15 is 0 Å². The van der Waals surface area contributed by atoms with Gasteiger partial charge in [0.05, 0.1) is 10.7 Å². The molecule has 1 rings (SSSR count). The summed E-state index contributed by atoms with van der Waals surface area (Å²) in [5.74, 6) is 0. The Morgan fingerprint density at radius 3 is 3.00 bits per heavy atom. The number of rotatable bonds is 4. The van der Waals surface area contributed by atoms with Crippen molar-refractivity contribution in [3.8, 4) is 0 Å². The van der Waals surface area contributed by atoms with Gasteiger partial charge in [-0.25, -0.2) is 0 Å². The molecule has 76 valence electrons. The predicted octanol–water partition coefficient (Wildman–Crippen LogP) is 2.67. The van der Waals surface area contributed by atoms with Gasteiger partial charge < -0.3 is 5.32 Å². The summed E-state index contributed by atoms with van der Waals surface area (Å²) < 4.78 is 0. The first-order chi connectivity index (χ1) is 6.74. The van der Waals surface area contributed by atoms with E-state index in [0.717, 1.165) is 24.2 Å². The molecule has 0 aliphatic rings. The Morgan fingerprint density at radius 2 is 2.36 bits per heavy atom. The van der Waals surface area contributed by atoms with Crippen molar-refractivity contribution < 1.29 is 0 Å². The molecular formula is C11H15ClN2. The van der Waals surface area contributed by atoms with Crippen LogP contribution in [-0.2, 0) is 0 Å². The molecule has 0 spiro atoms. The monoisotopic (exact) mass is 210 g/mol. The van der Waals surface area contributed by atoms with Gasteiger partial charge in [0.25, 0.3) is 0 Å². The molecule has 0 unspecified atom stereocenters. The van der Waals surface area contributed by atoms with Gasteiger partial charge in [0.2, 0.25) is 0 Å². The molecule has 0 aliphatic heterocycles. The molecule has 1 aromatic heterocycles. The Hall–Kier alpha value is -0.860. The van der Waals surface area contributed by atoms with Crippen molar-refractivity contribution in [2.75, 3.05) is 13.6 Å². The number of hydrogen-bond donors (Lipinski definition) is 1. The van der Waals surface area contributed by atoms with Crippen molar-refractivity contribution in [1.82, 2.24) is 10.3 Å². The number of nitrogens with zero attached hydrogens (tertiary/aromatic N) is 1. The van der Waals surface area contributed by atoms with Crippen LogP contribution in [0.15, 0.2) is 18.3 Å². The van der Waals surface area contributed by atoms with E-state index < -0.39 is 0 Å². The quantitative estimate of drug-likeness (QED) is 0.773. The van der Waals surface area contributed by atoms with Gasteiger partial charge in [0, 0.05) is 6.20 Å². The number of aromatic nitrogens is 1. The first kappa shape index (κ1) is 11.2. The van der Waals surface area contributed by atoms with Gasteiger partial charge in [-0.3, -0.25) is 4.98 Å². The molecule has 2 nitrogen and oxygen atoms in total. The summed E-state index contributed by atoms with van der Waals surface area (Å²) in [4.78, 5) is 4.24. The summed E-state index contributed by atoms with van der Waals surface area (Å²) in [6.45, 7) is 3.00.